The first-order chi connectivity index (χ1) is 4.83. The molecule has 0 bridgehead atoms. The molecule has 0 saturated carbocycles. The van der Waals surface area contributed by atoms with Gasteiger partial charge >= 0.3 is 0 Å². The van der Waals surface area contributed by atoms with Crippen molar-refractivity contribution in [3.05, 3.63) is 0 Å². The Morgan fingerprint density at radius 3 is 1.90 bits per heavy atom. The third-order valence-electron chi connectivity index (χ3n) is 1.06. The molecule has 0 aromatic rings. The Hall–Kier alpha value is 0.540. The molecule has 0 unspecified atom stereocenters. The second kappa shape index (κ2) is 16.3. The molecule has 0 amide bonds. The van der Waals surface area contributed by atoms with E-state index in [2.05, 4.69) is 6.92 Å². The van der Waals surface area contributed by atoms with Crippen LogP contribution < -0.4 is 5.73 Å². The van der Waals surface area contributed by atoms with Gasteiger partial charge in [0.1, 0.15) is 0 Å². The summed E-state index contributed by atoms with van der Waals surface area (Å²) in [5.41, 5.74) is 5.27. The van der Waals surface area contributed by atoms with Crippen molar-refractivity contribution >= 4 is 23.2 Å². The lowest BCUT2D eigenvalue weighted by Gasteiger charge is -1.90. The number of alkyl halides is 2. The molecule has 0 aliphatic rings. The molecule has 0 rings (SSSR count). The third kappa shape index (κ3) is 23.6. The highest BCUT2D eigenvalue weighted by Crippen LogP contribution is 1.95. The highest BCUT2D eigenvalue weighted by atomic mass is 35.5. The van der Waals surface area contributed by atoms with Crippen LogP contribution in [0.15, 0.2) is 0 Å². The molecule has 0 aliphatic carbocycles. The van der Waals surface area contributed by atoms with Gasteiger partial charge in [-0.15, -0.1) is 23.2 Å². The number of rotatable bonds is 4. The average molecular weight is 186 g/mol. The Bertz CT molecular complexity index is 38.6. The van der Waals surface area contributed by atoms with Gasteiger partial charge in [-0.2, -0.15) is 0 Å². The summed E-state index contributed by atoms with van der Waals surface area (Å²) in [6.07, 6.45) is 5.16. The lowest BCUT2D eigenvalue weighted by molar-refractivity contribution is 0.674. The van der Waals surface area contributed by atoms with Crippen LogP contribution in [0.2, 0.25) is 0 Å². The number of halogens is 2. The standard InChI is InChI=1S/C6H15N.CH2Cl2/c1-2-3-4-5-6-7;2-1-3/h2-7H2,1H3;1H2. The summed E-state index contributed by atoms with van der Waals surface area (Å²) in [7, 11) is 0. The second-order valence-electron chi connectivity index (χ2n) is 1.95. The summed E-state index contributed by atoms with van der Waals surface area (Å²) in [6, 6.07) is 0. The summed E-state index contributed by atoms with van der Waals surface area (Å²) >= 11 is 9.53. The van der Waals surface area contributed by atoms with Gasteiger partial charge in [-0.25, -0.2) is 0 Å². The van der Waals surface area contributed by atoms with Crippen molar-refractivity contribution in [2.45, 2.75) is 32.6 Å². The zero-order valence-electron chi connectivity index (χ0n) is 6.58. The van der Waals surface area contributed by atoms with E-state index in [0.29, 0.717) is 0 Å². The minimum atomic E-state index is 0.194. The molecule has 0 atom stereocenters. The van der Waals surface area contributed by atoms with E-state index >= 15 is 0 Å². The Labute approximate surface area is 73.9 Å². The summed E-state index contributed by atoms with van der Waals surface area (Å²) in [4.78, 5) is 0. The molecule has 0 saturated heterocycles. The fourth-order valence-corrected chi connectivity index (χ4v) is 0.571. The quantitative estimate of drug-likeness (QED) is 0.530. The molecule has 0 radical (unpaired) electrons. The van der Waals surface area contributed by atoms with Crippen molar-refractivity contribution in [3.63, 3.8) is 0 Å². The molecule has 0 heterocycles. The van der Waals surface area contributed by atoms with E-state index in [1.807, 2.05) is 0 Å². The van der Waals surface area contributed by atoms with Crippen molar-refractivity contribution in [2.24, 2.45) is 5.73 Å². The Morgan fingerprint density at radius 1 is 1.10 bits per heavy atom. The SMILES string of the molecule is CCCCCCN.ClCCl. The molecule has 10 heavy (non-hydrogen) atoms. The van der Waals surface area contributed by atoms with E-state index in [-0.39, 0.29) is 5.34 Å². The van der Waals surface area contributed by atoms with E-state index < -0.39 is 0 Å². The van der Waals surface area contributed by atoms with Crippen LogP contribution in [-0.2, 0) is 0 Å². The average Bonchev–Trinajstić information content (AvgIpc) is 1.91. The molecular formula is C7H17Cl2N. The molecular weight excluding hydrogens is 169 g/mol. The van der Waals surface area contributed by atoms with Gasteiger partial charge in [0.05, 0.1) is 5.34 Å². The zero-order chi connectivity index (χ0) is 8.24. The lowest BCUT2D eigenvalue weighted by Crippen LogP contribution is -1.97. The summed E-state index contributed by atoms with van der Waals surface area (Å²) in [5.74, 6) is 0. The summed E-state index contributed by atoms with van der Waals surface area (Å²) in [5, 5.41) is 0.194. The van der Waals surface area contributed by atoms with Crippen LogP contribution in [-0.4, -0.2) is 11.9 Å². The Kier molecular flexibility index (Phi) is 21.4. The van der Waals surface area contributed by atoms with Crippen LogP contribution in [0, 0.1) is 0 Å². The smallest absolute Gasteiger partial charge is 0.0967 e. The first-order valence-corrected chi connectivity index (χ1v) is 4.72. The van der Waals surface area contributed by atoms with Gasteiger partial charge in [0.25, 0.3) is 0 Å². The minimum absolute atomic E-state index is 0.194. The van der Waals surface area contributed by atoms with Crippen LogP contribution in [0.5, 0.6) is 0 Å². The maximum atomic E-state index is 5.27. The summed E-state index contributed by atoms with van der Waals surface area (Å²) in [6.45, 7) is 3.07. The van der Waals surface area contributed by atoms with Gasteiger partial charge < -0.3 is 5.73 Å². The number of unbranched alkanes of at least 4 members (excludes halogenated alkanes) is 3. The molecule has 0 aliphatic heterocycles. The molecule has 64 valence electrons. The van der Waals surface area contributed by atoms with Crippen LogP contribution in [0.25, 0.3) is 0 Å². The Balaban J connectivity index is 0. The van der Waals surface area contributed by atoms with E-state index in [9.17, 15) is 0 Å². The molecule has 3 heteroatoms. The third-order valence-corrected chi connectivity index (χ3v) is 1.06. The van der Waals surface area contributed by atoms with Gasteiger partial charge in [-0.3, -0.25) is 0 Å². The van der Waals surface area contributed by atoms with Crippen molar-refractivity contribution in [2.75, 3.05) is 11.9 Å². The Morgan fingerprint density at radius 2 is 1.60 bits per heavy atom. The van der Waals surface area contributed by atoms with Gasteiger partial charge in [-0.1, -0.05) is 26.2 Å². The van der Waals surface area contributed by atoms with Crippen molar-refractivity contribution in [3.8, 4) is 0 Å². The van der Waals surface area contributed by atoms with E-state index in [0.717, 1.165) is 6.54 Å². The van der Waals surface area contributed by atoms with E-state index in [4.69, 9.17) is 28.9 Å². The van der Waals surface area contributed by atoms with E-state index in [1.165, 1.54) is 25.7 Å². The predicted molar refractivity (Wildman–Crippen MR) is 49.8 cm³/mol. The van der Waals surface area contributed by atoms with Gasteiger partial charge in [0.2, 0.25) is 0 Å². The molecule has 0 spiro atoms. The zero-order valence-corrected chi connectivity index (χ0v) is 8.09. The maximum Gasteiger partial charge on any atom is 0.0967 e. The van der Waals surface area contributed by atoms with Crippen LogP contribution in [0.3, 0.4) is 0 Å². The molecule has 2 N–H and O–H groups in total. The normalized spacial score (nSPS) is 8.40. The fraction of sp³-hybridized carbons (Fsp3) is 1.00. The van der Waals surface area contributed by atoms with Gasteiger partial charge in [0, 0.05) is 0 Å². The number of hydrogen-bond donors (Lipinski definition) is 1. The predicted octanol–water partition coefficient (Wildman–Crippen LogP) is 2.95. The van der Waals surface area contributed by atoms with Crippen LogP contribution >= 0.6 is 23.2 Å². The lowest BCUT2D eigenvalue weighted by atomic mass is 10.2. The maximum absolute atomic E-state index is 5.27. The van der Waals surface area contributed by atoms with E-state index in [1.54, 1.807) is 0 Å². The topological polar surface area (TPSA) is 26.0 Å². The van der Waals surface area contributed by atoms with Gasteiger partial charge in [0.15, 0.2) is 0 Å². The van der Waals surface area contributed by atoms with Crippen molar-refractivity contribution in [1.82, 2.24) is 0 Å². The summed E-state index contributed by atoms with van der Waals surface area (Å²) < 4.78 is 0. The van der Waals surface area contributed by atoms with Crippen molar-refractivity contribution in [1.29, 1.82) is 0 Å². The molecule has 1 nitrogen and oxygen atoms in total. The van der Waals surface area contributed by atoms with Crippen LogP contribution in [0.4, 0.5) is 0 Å². The largest absolute Gasteiger partial charge is 0.330 e. The fourth-order valence-electron chi connectivity index (χ4n) is 0.571. The minimum Gasteiger partial charge on any atom is -0.330 e. The molecule has 0 aromatic heterocycles. The monoisotopic (exact) mass is 185 g/mol. The molecule has 0 aromatic carbocycles. The van der Waals surface area contributed by atoms with Gasteiger partial charge in [-0.05, 0) is 13.0 Å². The second-order valence-corrected chi connectivity index (χ2v) is 2.76. The highest BCUT2D eigenvalue weighted by Gasteiger charge is 1.80. The highest BCUT2D eigenvalue weighted by molar-refractivity contribution is 6.40. The number of hydrogen-bond acceptors (Lipinski definition) is 1. The van der Waals surface area contributed by atoms with Crippen LogP contribution in [0.1, 0.15) is 32.6 Å². The first kappa shape index (κ1) is 13.2. The van der Waals surface area contributed by atoms with Crippen molar-refractivity contribution < 1.29 is 0 Å². The molecule has 0 fully saturated rings. The number of nitrogens with two attached hydrogens (primary N) is 1. The first-order valence-electron chi connectivity index (χ1n) is 3.65.